The third kappa shape index (κ3) is 3.09. The van der Waals surface area contributed by atoms with Gasteiger partial charge in [0.2, 0.25) is 0 Å². The van der Waals surface area contributed by atoms with Crippen LogP contribution in [0.4, 0.5) is 5.13 Å². The van der Waals surface area contributed by atoms with Crippen molar-refractivity contribution in [1.29, 1.82) is 0 Å². The predicted molar refractivity (Wildman–Crippen MR) is 98.9 cm³/mol. The van der Waals surface area contributed by atoms with E-state index in [2.05, 4.69) is 15.3 Å². The Kier molecular flexibility index (Phi) is 4.02. The van der Waals surface area contributed by atoms with Crippen LogP contribution >= 0.6 is 11.3 Å². The summed E-state index contributed by atoms with van der Waals surface area (Å²) < 4.78 is 10.1. The van der Waals surface area contributed by atoms with Crippen LogP contribution in [0.3, 0.4) is 0 Å². The van der Waals surface area contributed by atoms with Gasteiger partial charge < -0.3 is 9.15 Å². The van der Waals surface area contributed by atoms with Crippen molar-refractivity contribution in [3.8, 4) is 17.0 Å². The molecule has 130 valence electrons. The third-order valence-corrected chi connectivity index (χ3v) is 4.55. The van der Waals surface area contributed by atoms with Crippen molar-refractivity contribution in [3.63, 3.8) is 0 Å². The quantitative estimate of drug-likeness (QED) is 0.575. The molecule has 7 nitrogen and oxygen atoms in total. The molecule has 0 radical (unpaired) electrons. The number of hydrogen-bond acceptors (Lipinski definition) is 6. The Bertz CT molecular complexity index is 1140. The van der Waals surface area contributed by atoms with E-state index in [1.165, 1.54) is 11.3 Å². The minimum absolute atomic E-state index is 0.249. The van der Waals surface area contributed by atoms with Crippen molar-refractivity contribution in [3.05, 3.63) is 64.0 Å². The van der Waals surface area contributed by atoms with Crippen LogP contribution in [0, 0.1) is 0 Å². The van der Waals surface area contributed by atoms with Gasteiger partial charge in [-0.15, -0.1) is 11.3 Å². The van der Waals surface area contributed by atoms with Crippen molar-refractivity contribution in [1.82, 2.24) is 9.97 Å². The van der Waals surface area contributed by atoms with E-state index in [1.54, 1.807) is 43.5 Å². The number of nitrogens with one attached hydrogen (secondary N) is 2. The topological polar surface area (TPSA) is 97.2 Å². The lowest BCUT2D eigenvalue weighted by molar-refractivity contribution is 0.102. The Balaban J connectivity index is 1.54. The Hall–Kier alpha value is -3.39. The average Bonchev–Trinajstić information content (AvgIpc) is 3.26. The highest BCUT2D eigenvalue weighted by molar-refractivity contribution is 7.14. The highest BCUT2D eigenvalue weighted by atomic mass is 32.1. The molecule has 0 spiro atoms. The van der Waals surface area contributed by atoms with Gasteiger partial charge in [-0.1, -0.05) is 6.07 Å². The maximum atomic E-state index is 12.3. The zero-order chi connectivity index (χ0) is 18.1. The summed E-state index contributed by atoms with van der Waals surface area (Å²) in [5.41, 5.74) is 3.08. The van der Waals surface area contributed by atoms with E-state index in [9.17, 15) is 9.59 Å². The summed E-state index contributed by atoms with van der Waals surface area (Å²) in [6, 6.07) is 12.1. The molecule has 2 aromatic carbocycles. The van der Waals surface area contributed by atoms with E-state index >= 15 is 0 Å². The molecule has 0 fully saturated rings. The second kappa shape index (κ2) is 6.49. The van der Waals surface area contributed by atoms with Crippen LogP contribution in [-0.2, 0) is 0 Å². The number of thiazole rings is 1. The normalized spacial score (nSPS) is 10.8. The predicted octanol–water partition coefficient (Wildman–Crippen LogP) is 3.51. The standard InChI is InChI=1S/C18H13N3O4S/c1-24-12-5-2-10(3-6-12)16(22)21-17-19-14(9-26-17)11-4-7-13-15(8-11)25-18(23)20-13/h2-9H,1H3,(H,20,23)(H,19,21,22). The highest BCUT2D eigenvalue weighted by Crippen LogP contribution is 2.27. The largest absolute Gasteiger partial charge is 0.497 e. The number of nitrogens with zero attached hydrogens (tertiary/aromatic N) is 1. The average molecular weight is 367 g/mol. The molecule has 0 bridgehead atoms. The molecule has 2 aromatic heterocycles. The van der Waals surface area contributed by atoms with Gasteiger partial charge in [0, 0.05) is 16.5 Å². The molecular formula is C18H13N3O4S. The first kappa shape index (κ1) is 16.1. The summed E-state index contributed by atoms with van der Waals surface area (Å²) in [6.45, 7) is 0. The number of carbonyl (C=O) groups excluding carboxylic acids is 1. The summed E-state index contributed by atoms with van der Waals surface area (Å²) in [4.78, 5) is 30.6. The van der Waals surface area contributed by atoms with Gasteiger partial charge in [-0.2, -0.15) is 0 Å². The third-order valence-electron chi connectivity index (χ3n) is 3.79. The summed E-state index contributed by atoms with van der Waals surface area (Å²) in [6.07, 6.45) is 0. The number of fused-ring (bicyclic) bond motifs is 1. The molecule has 2 N–H and O–H groups in total. The number of ether oxygens (including phenoxy) is 1. The number of anilines is 1. The van der Waals surface area contributed by atoms with Crippen LogP contribution in [0.1, 0.15) is 10.4 Å². The summed E-state index contributed by atoms with van der Waals surface area (Å²) in [5.74, 6) is -0.0617. The fourth-order valence-corrected chi connectivity index (χ4v) is 3.19. The number of hydrogen-bond donors (Lipinski definition) is 2. The molecule has 0 aliphatic rings. The molecule has 4 aromatic rings. The van der Waals surface area contributed by atoms with Crippen LogP contribution in [0.25, 0.3) is 22.4 Å². The van der Waals surface area contributed by atoms with Gasteiger partial charge in [0.25, 0.3) is 5.91 Å². The molecule has 0 aliphatic heterocycles. The van der Waals surface area contributed by atoms with E-state index in [-0.39, 0.29) is 5.91 Å². The first-order valence-corrected chi connectivity index (χ1v) is 8.54. The van der Waals surface area contributed by atoms with Gasteiger partial charge in [0.05, 0.1) is 18.3 Å². The SMILES string of the molecule is COc1ccc(C(=O)Nc2nc(-c3ccc4[nH]c(=O)oc4c3)cs2)cc1. The molecule has 1 amide bonds. The number of aromatic nitrogens is 2. The monoisotopic (exact) mass is 367 g/mol. The summed E-state index contributed by atoms with van der Waals surface area (Å²) >= 11 is 1.32. The van der Waals surface area contributed by atoms with E-state index < -0.39 is 5.76 Å². The molecule has 2 heterocycles. The zero-order valence-corrected chi connectivity index (χ0v) is 14.4. The minimum atomic E-state index is -0.497. The van der Waals surface area contributed by atoms with Crippen LogP contribution in [0.5, 0.6) is 5.75 Å². The maximum Gasteiger partial charge on any atom is 0.417 e. The Morgan fingerprint density at radius 1 is 1.23 bits per heavy atom. The fourth-order valence-electron chi connectivity index (χ4n) is 2.48. The van der Waals surface area contributed by atoms with Crippen LogP contribution in [0.2, 0.25) is 0 Å². The van der Waals surface area contributed by atoms with Crippen molar-refractivity contribution in [2.75, 3.05) is 12.4 Å². The number of benzene rings is 2. The maximum absolute atomic E-state index is 12.3. The molecule has 4 rings (SSSR count). The number of methoxy groups -OCH3 is 1. The molecular weight excluding hydrogens is 354 g/mol. The second-order valence-electron chi connectivity index (χ2n) is 5.45. The van der Waals surface area contributed by atoms with Gasteiger partial charge in [-0.25, -0.2) is 9.78 Å². The Morgan fingerprint density at radius 2 is 2.04 bits per heavy atom. The lowest BCUT2D eigenvalue weighted by Gasteiger charge is -2.03. The molecule has 8 heteroatoms. The van der Waals surface area contributed by atoms with E-state index in [0.717, 1.165) is 5.56 Å². The summed E-state index contributed by atoms with van der Waals surface area (Å²) in [5, 5.41) is 5.09. The first-order chi connectivity index (χ1) is 12.6. The lowest BCUT2D eigenvalue weighted by atomic mass is 10.1. The highest BCUT2D eigenvalue weighted by Gasteiger charge is 2.11. The zero-order valence-electron chi connectivity index (χ0n) is 13.6. The summed E-state index contributed by atoms with van der Waals surface area (Å²) in [7, 11) is 1.57. The first-order valence-electron chi connectivity index (χ1n) is 7.66. The molecule has 0 saturated heterocycles. The van der Waals surface area contributed by atoms with Gasteiger partial charge in [0.1, 0.15) is 5.75 Å². The van der Waals surface area contributed by atoms with Crippen molar-refractivity contribution in [2.45, 2.75) is 0 Å². The number of H-pyrrole nitrogens is 1. The second-order valence-corrected chi connectivity index (χ2v) is 6.30. The molecule has 0 unspecified atom stereocenters. The number of rotatable bonds is 4. The Morgan fingerprint density at radius 3 is 2.81 bits per heavy atom. The van der Waals surface area contributed by atoms with Crippen molar-refractivity contribution < 1.29 is 13.9 Å². The van der Waals surface area contributed by atoms with E-state index in [1.807, 2.05) is 11.4 Å². The van der Waals surface area contributed by atoms with Gasteiger partial charge in [-0.3, -0.25) is 15.1 Å². The molecule has 0 atom stereocenters. The van der Waals surface area contributed by atoms with Gasteiger partial charge in [-0.05, 0) is 36.4 Å². The number of aromatic amines is 1. The Labute approximate surface area is 151 Å². The van der Waals surface area contributed by atoms with Gasteiger partial charge >= 0.3 is 5.76 Å². The van der Waals surface area contributed by atoms with Crippen LogP contribution in [-0.4, -0.2) is 23.0 Å². The fraction of sp³-hybridized carbons (Fsp3) is 0.0556. The lowest BCUT2D eigenvalue weighted by Crippen LogP contribution is -2.11. The molecule has 0 saturated carbocycles. The number of amides is 1. The van der Waals surface area contributed by atoms with Gasteiger partial charge in [0.15, 0.2) is 10.7 Å². The minimum Gasteiger partial charge on any atom is -0.497 e. The van der Waals surface area contributed by atoms with Crippen LogP contribution < -0.4 is 15.8 Å². The number of carbonyl (C=O) groups is 1. The van der Waals surface area contributed by atoms with E-state index in [4.69, 9.17) is 9.15 Å². The van der Waals surface area contributed by atoms with Crippen molar-refractivity contribution >= 4 is 33.5 Å². The molecule has 0 aliphatic carbocycles. The smallest absolute Gasteiger partial charge is 0.417 e. The van der Waals surface area contributed by atoms with Crippen molar-refractivity contribution in [2.24, 2.45) is 0 Å². The molecule has 26 heavy (non-hydrogen) atoms. The number of oxazole rings is 1. The van der Waals surface area contributed by atoms with E-state index in [0.29, 0.717) is 33.2 Å². The van der Waals surface area contributed by atoms with Crippen LogP contribution in [0.15, 0.2) is 57.1 Å².